The number of amides is 1. The molecule has 1 amide bonds. The maximum Gasteiger partial charge on any atom is 0.328 e. The van der Waals surface area contributed by atoms with Gasteiger partial charge in [0.1, 0.15) is 0 Å². The standard InChI is InChI=1S/C14H15Cl2NO4/c1-21-6-11(14(19)20)17-13(18)9-5-8(9)7-3-2-4-10(15)12(7)16/h2-4,8-9,11H,5-6H2,1H3,(H,17,18)(H,19,20). The van der Waals surface area contributed by atoms with Gasteiger partial charge in [-0.15, -0.1) is 0 Å². The van der Waals surface area contributed by atoms with Gasteiger partial charge in [0.15, 0.2) is 6.04 Å². The number of aliphatic carboxylic acids is 1. The van der Waals surface area contributed by atoms with Gasteiger partial charge in [-0.25, -0.2) is 4.79 Å². The molecule has 1 aromatic carbocycles. The Hall–Kier alpha value is -1.30. The Labute approximate surface area is 132 Å². The number of carboxylic acids is 1. The Kier molecular flexibility index (Phi) is 5.08. The van der Waals surface area contributed by atoms with Gasteiger partial charge in [0.25, 0.3) is 0 Å². The molecule has 0 heterocycles. The van der Waals surface area contributed by atoms with Crippen molar-refractivity contribution in [3.63, 3.8) is 0 Å². The minimum absolute atomic E-state index is 0.0202. The van der Waals surface area contributed by atoms with Gasteiger partial charge in [0, 0.05) is 13.0 Å². The van der Waals surface area contributed by atoms with E-state index in [1.807, 2.05) is 6.07 Å². The van der Waals surface area contributed by atoms with Crippen LogP contribution in [-0.2, 0) is 14.3 Å². The van der Waals surface area contributed by atoms with Crippen LogP contribution in [0.2, 0.25) is 10.0 Å². The summed E-state index contributed by atoms with van der Waals surface area (Å²) >= 11 is 12.1. The van der Waals surface area contributed by atoms with Crippen molar-refractivity contribution in [3.8, 4) is 0 Å². The lowest BCUT2D eigenvalue weighted by Crippen LogP contribution is -2.44. The molecular weight excluding hydrogens is 317 g/mol. The molecule has 1 fully saturated rings. The third-order valence-electron chi connectivity index (χ3n) is 3.46. The Balaban J connectivity index is 2.01. The predicted octanol–water partition coefficient (Wildman–Crippen LogP) is 2.31. The van der Waals surface area contributed by atoms with E-state index >= 15 is 0 Å². The van der Waals surface area contributed by atoms with Crippen molar-refractivity contribution in [3.05, 3.63) is 33.8 Å². The van der Waals surface area contributed by atoms with Crippen LogP contribution in [0.25, 0.3) is 0 Å². The number of carbonyl (C=O) groups excluding carboxylic acids is 1. The van der Waals surface area contributed by atoms with Crippen LogP contribution in [0.3, 0.4) is 0 Å². The van der Waals surface area contributed by atoms with E-state index in [0.717, 1.165) is 5.56 Å². The van der Waals surface area contributed by atoms with Crippen molar-refractivity contribution in [1.82, 2.24) is 5.32 Å². The summed E-state index contributed by atoms with van der Waals surface area (Å²) in [5, 5.41) is 12.4. The minimum Gasteiger partial charge on any atom is -0.480 e. The number of hydrogen-bond acceptors (Lipinski definition) is 3. The quantitative estimate of drug-likeness (QED) is 0.838. The highest BCUT2D eigenvalue weighted by Crippen LogP contribution is 2.50. The smallest absolute Gasteiger partial charge is 0.328 e. The van der Waals surface area contributed by atoms with Crippen LogP contribution in [0, 0.1) is 5.92 Å². The van der Waals surface area contributed by atoms with E-state index in [2.05, 4.69) is 5.32 Å². The van der Waals surface area contributed by atoms with Crippen LogP contribution < -0.4 is 5.32 Å². The summed E-state index contributed by atoms with van der Waals surface area (Å²) in [5.74, 6) is -1.73. The molecule has 3 atom stereocenters. The molecule has 0 bridgehead atoms. The van der Waals surface area contributed by atoms with Gasteiger partial charge >= 0.3 is 5.97 Å². The molecule has 1 aliphatic carbocycles. The molecule has 2 rings (SSSR count). The molecule has 0 aromatic heterocycles. The number of carboxylic acid groups (broad SMARTS) is 1. The van der Waals surface area contributed by atoms with Crippen LogP contribution in [0.4, 0.5) is 0 Å². The molecule has 0 saturated heterocycles. The number of nitrogens with one attached hydrogen (secondary N) is 1. The van der Waals surface area contributed by atoms with E-state index in [1.54, 1.807) is 12.1 Å². The van der Waals surface area contributed by atoms with Crippen LogP contribution in [0.1, 0.15) is 17.9 Å². The van der Waals surface area contributed by atoms with Crippen molar-refractivity contribution >= 4 is 35.1 Å². The number of hydrogen-bond donors (Lipinski definition) is 2. The van der Waals surface area contributed by atoms with Gasteiger partial charge in [-0.1, -0.05) is 35.3 Å². The van der Waals surface area contributed by atoms with Crippen molar-refractivity contribution < 1.29 is 19.4 Å². The van der Waals surface area contributed by atoms with E-state index in [0.29, 0.717) is 16.5 Å². The summed E-state index contributed by atoms with van der Waals surface area (Å²) in [6.07, 6.45) is 0.630. The zero-order chi connectivity index (χ0) is 15.6. The van der Waals surface area contributed by atoms with E-state index < -0.39 is 12.0 Å². The second-order valence-electron chi connectivity index (χ2n) is 4.95. The first-order valence-electron chi connectivity index (χ1n) is 6.41. The number of methoxy groups -OCH3 is 1. The molecule has 0 spiro atoms. The summed E-state index contributed by atoms with van der Waals surface area (Å²) in [6, 6.07) is 4.25. The second kappa shape index (κ2) is 6.64. The first kappa shape index (κ1) is 16.1. The molecule has 114 valence electrons. The molecule has 0 aliphatic heterocycles. The molecule has 0 radical (unpaired) electrons. The summed E-state index contributed by atoms with van der Waals surface area (Å²) in [6.45, 7) is -0.0730. The lowest BCUT2D eigenvalue weighted by Gasteiger charge is -2.13. The van der Waals surface area contributed by atoms with Crippen LogP contribution >= 0.6 is 23.2 Å². The summed E-state index contributed by atoms with van der Waals surface area (Å²) in [4.78, 5) is 23.1. The van der Waals surface area contributed by atoms with Crippen molar-refractivity contribution in [2.24, 2.45) is 5.92 Å². The largest absolute Gasteiger partial charge is 0.480 e. The lowest BCUT2D eigenvalue weighted by molar-refractivity contribution is -0.143. The Morgan fingerprint density at radius 3 is 2.81 bits per heavy atom. The highest BCUT2D eigenvalue weighted by molar-refractivity contribution is 6.42. The second-order valence-corrected chi connectivity index (χ2v) is 5.73. The van der Waals surface area contributed by atoms with Crippen LogP contribution in [0.15, 0.2) is 18.2 Å². The first-order valence-corrected chi connectivity index (χ1v) is 7.17. The highest BCUT2D eigenvalue weighted by atomic mass is 35.5. The van der Waals surface area contributed by atoms with Gasteiger partial charge in [-0.05, 0) is 24.0 Å². The van der Waals surface area contributed by atoms with Crippen molar-refractivity contribution in [1.29, 1.82) is 0 Å². The minimum atomic E-state index is -1.12. The third-order valence-corrected chi connectivity index (χ3v) is 4.29. The van der Waals surface area contributed by atoms with Crippen molar-refractivity contribution in [2.75, 3.05) is 13.7 Å². The summed E-state index contributed by atoms with van der Waals surface area (Å²) in [5.41, 5.74) is 0.822. The lowest BCUT2D eigenvalue weighted by atomic mass is 10.1. The predicted molar refractivity (Wildman–Crippen MR) is 78.8 cm³/mol. The SMILES string of the molecule is COCC(NC(=O)C1CC1c1cccc(Cl)c1Cl)C(=O)O. The van der Waals surface area contributed by atoms with E-state index in [4.69, 9.17) is 33.0 Å². The van der Waals surface area contributed by atoms with Gasteiger partial charge in [0.05, 0.1) is 16.7 Å². The number of ether oxygens (including phenoxy) is 1. The molecule has 3 unspecified atom stereocenters. The number of halogens is 2. The first-order chi connectivity index (χ1) is 9.95. The third kappa shape index (κ3) is 3.67. The van der Waals surface area contributed by atoms with E-state index in [1.165, 1.54) is 7.11 Å². The van der Waals surface area contributed by atoms with Crippen molar-refractivity contribution in [2.45, 2.75) is 18.4 Å². The molecule has 1 saturated carbocycles. The zero-order valence-corrected chi connectivity index (χ0v) is 12.8. The zero-order valence-electron chi connectivity index (χ0n) is 11.3. The summed E-state index contributed by atoms with van der Waals surface area (Å²) < 4.78 is 4.78. The number of carbonyl (C=O) groups is 2. The normalized spacial score (nSPS) is 21.7. The van der Waals surface area contributed by atoms with Gasteiger partial charge in [-0.2, -0.15) is 0 Å². The molecule has 7 heteroatoms. The molecular formula is C14H15Cl2NO4. The summed E-state index contributed by atoms with van der Waals surface area (Å²) in [7, 11) is 1.38. The van der Waals surface area contributed by atoms with Crippen LogP contribution in [-0.4, -0.2) is 36.7 Å². The van der Waals surface area contributed by atoms with Gasteiger partial charge < -0.3 is 15.2 Å². The topological polar surface area (TPSA) is 75.6 Å². The molecule has 1 aromatic rings. The Morgan fingerprint density at radius 1 is 1.48 bits per heavy atom. The molecule has 1 aliphatic rings. The maximum atomic E-state index is 12.1. The molecule has 21 heavy (non-hydrogen) atoms. The Bertz CT molecular complexity index is 564. The molecule has 2 N–H and O–H groups in total. The highest BCUT2D eigenvalue weighted by Gasteiger charge is 2.45. The fraction of sp³-hybridized carbons (Fsp3) is 0.429. The van der Waals surface area contributed by atoms with Gasteiger partial charge in [-0.3, -0.25) is 4.79 Å². The number of rotatable bonds is 6. The average Bonchev–Trinajstić information content (AvgIpc) is 3.21. The fourth-order valence-corrected chi connectivity index (χ4v) is 2.70. The van der Waals surface area contributed by atoms with Crippen LogP contribution in [0.5, 0.6) is 0 Å². The van der Waals surface area contributed by atoms with E-state index in [9.17, 15) is 9.59 Å². The van der Waals surface area contributed by atoms with Gasteiger partial charge in [0.2, 0.25) is 5.91 Å². The average molecular weight is 332 g/mol. The maximum absolute atomic E-state index is 12.1. The number of benzene rings is 1. The monoisotopic (exact) mass is 331 g/mol. The van der Waals surface area contributed by atoms with E-state index in [-0.39, 0.29) is 24.3 Å². The fourth-order valence-electron chi connectivity index (χ4n) is 2.26. The Morgan fingerprint density at radius 2 is 2.19 bits per heavy atom. The molecule has 5 nitrogen and oxygen atoms in total.